The predicted molar refractivity (Wildman–Crippen MR) is 85.7 cm³/mol. The number of benzene rings is 1. The number of hydrogen-bond acceptors (Lipinski definition) is 6. The molecule has 2 aromatic heterocycles. The van der Waals surface area contributed by atoms with Crippen LogP contribution in [0.25, 0.3) is 11.5 Å². The summed E-state index contributed by atoms with van der Waals surface area (Å²) >= 11 is 5.78. The normalized spacial score (nSPS) is 11.9. The van der Waals surface area contributed by atoms with Gasteiger partial charge in [0.2, 0.25) is 5.82 Å². The van der Waals surface area contributed by atoms with E-state index in [4.69, 9.17) is 11.6 Å². The van der Waals surface area contributed by atoms with Gasteiger partial charge in [0.05, 0.1) is 12.7 Å². The van der Waals surface area contributed by atoms with Crippen molar-refractivity contribution in [1.29, 1.82) is 0 Å². The van der Waals surface area contributed by atoms with Crippen LogP contribution in [0.2, 0.25) is 5.02 Å². The molecule has 1 atom stereocenters. The number of nitrogens with one attached hydrogen (secondary N) is 2. The van der Waals surface area contributed by atoms with E-state index in [1.807, 2.05) is 0 Å². The summed E-state index contributed by atoms with van der Waals surface area (Å²) in [7, 11) is 0. The van der Waals surface area contributed by atoms with E-state index in [0.717, 1.165) is 0 Å². The number of aromatic amines is 1. The molecule has 8 nitrogen and oxygen atoms in total. The molecule has 0 fully saturated rings. The molecule has 3 rings (SSSR count). The van der Waals surface area contributed by atoms with E-state index in [-0.39, 0.29) is 6.54 Å². The predicted octanol–water partition coefficient (Wildman–Crippen LogP) is 1.26. The number of H-pyrrole nitrogens is 1. The Morgan fingerprint density at radius 2 is 2.08 bits per heavy atom. The van der Waals surface area contributed by atoms with Crippen molar-refractivity contribution in [2.75, 3.05) is 0 Å². The standard InChI is InChI=1S/C15H13ClN6O2/c16-10-3-1-9(2-4-10)13(23)15(24)19-8-12-20-14(22-21-12)11-7-17-5-6-18-11/h1-7,13,23H,8H2,(H,19,24)(H,20,21,22)/t13-/m0/s1. The summed E-state index contributed by atoms with van der Waals surface area (Å²) < 4.78 is 0. The van der Waals surface area contributed by atoms with Crippen LogP contribution in [-0.4, -0.2) is 36.2 Å². The van der Waals surface area contributed by atoms with Gasteiger partial charge in [-0.3, -0.25) is 14.9 Å². The van der Waals surface area contributed by atoms with Crippen LogP contribution in [0.3, 0.4) is 0 Å². The molecule has 0 saturated carbocycles. The first-order valence-corrected chi connectivity index (χ1v) is 7.40. The summed E-state index contributed by atoms with van der Waals surface area (Å²) in [5, 5.41) is 19.9. The Kier molecular flexibility index (Phi) is 4.78. The van der Waals surface area contributed by atoms with Gasteiger partial charge < -0.3 is 10.4 Å². The number of aliphatic hydroxyl groups is 1. The van der Waals surface area contributed by atoms with Crippen LogP contribution in [0.5, 0.6) is 0 Å². The molecule has 0 radical (unpaired) electrons. The maximum atomic E-state index is 12.0. The lowest BCUT2D eigenvalue weighted by atomic mass is 10.1. The smallest absolute Gasteiger partial charge is 0.253 e. The summed E-state index contributed by atoms with van der Waals surface area (Å²) in [6, 6.07) is 6.40. The first-order chi connectivity index (χ1) is 11.6. The third-order valence-corrected chi connectivity index (χ3v) is 3.44. The number of rotatable bonds is 5. The van der Waals surface area contributed by atoms with Crippen LogP contribution in [-0.2, 0) is 11.3 Å². The summed E-state index contributed by atoms with van der Waals surface area (Å²) in [6.45, 7) is 0.0940. The first kappa shape index (κ1) is 16.0. The van der Waals surface area contributed by atoms with Crippen LogP contribution in [0.4, 0.5) is 0 Å². The summed E-state index contributed by atoms with van der Waals surface area (Å²) in [4.78, 5) is 24.2. The van der Waals surface area contributed by atoms with Gasteiger partial charge in [0, 0.05) is 17.4 Å². The minimum Gasteiger partial charge on any atom is -0.378 e. The Labute approximate surface area is 142 Å². The zero-order chi connectivity index (χ0) is 16.9. The molecule has 0 bridgehead atoms. The van der Waals surface area contributed by atoms with Crippen molar-refractivity contribution in [3.63, 3.8) is 0 Å². The number of amides is 1. The number of carbonyl (C=O) groups is 1. The molecule has 24 heavy (non-hydrogen) atoms. The molecule has 2 heterocycles. The molecule has 0 spiro atoms. The van der Waals surface area contributed by atoms with Crippen molar-refractivity contribution in [2.24, 2.45) is 0 Å². The van der Waals surface area contributed by atoms with Gasteiger partial charge in [-0.25, -0.2) is 9.97 Å². The van der Waals surface area contributed by atoms with Gasteiger partial charge in [-0.05, 0) is 17.7 Å². The fourth-order valence-electron chi connectivity index (χ4n) is 1.97. The minimum atomic E-state index is -1.29. The van der Waals surface area contributed by atoms with E-state index in [1.165, 1.54) is 12.4 Å². The summed E-state index contributed by atoms with van der Waals surface area (Å²) in [5.74, 6) is 0.271. The van der Waals surface area contributed by atoms with Gasteiger partial charge in [-0.15, -0.1) is 0 Å². The third kappa shape index (κ3) is 3.73. The molecule has 0 aliphatic heterocycles. The van der Waals surface area contributed by atoms with E-state index in [9.17, 15) is 9.90 Å². The number of carbonyl (C=O) groups excluding carboxylic acids is 1. The Balaban J connectivity index is 1.60. The van der Waals surface area contributed by atoms with Crippen LogP contribution in [0.1, 0.15) is 17.5 Å². The van der Waals surface area contributed by atoms with Crippen LogP contribution >= 0.6 is 11.6 Å². The van der Waals surface area contributed by atoms with Gasteiger partial charge in [-0.1, -0.05) is 23.7 Å². The largest absolute Gasteiger partial charge is 0.378 e. The highest BCUT2D eigenvalue weighted by Crippen LogP contribution is 2.16. The van der Waals surface area contributed by atoms with E-state index in [1.54, 1.807) is 30.5 Å². The molecule has 1 aromatic carbocycles. The number of hydrogen-bond donors (Lipinski definition) is 3. The first-order valence-electron chi connectivity index (χ1n) is 7.02. The molecule has 0 unspecified atom stereocenters. The van der Waals surface area contributed by atoms with Crippen LogP contribution in [0, 0.1) is 0 Å². The lowest BCUT2D eigenvalue weighted by molar-refractivity contribution is -0.129. The zero-order valence-electron chi connectivity index (χ0n) is 12.3. The highest BCUT2D eigenvalue weighted by Gasteiger charge is 2.17. The van der Waals surface area contributed by atoms with E-state index >= 15 is 0 Å². The Morgan fingerprint density at radius 3 is 2.79 bits per heavy atom. The lowest BCUT2D eigenvalue weighted by Crippen LogP contribution is -2.29. The molecule has 3 N–H and O–H groups in total. The summed E-state index contributed by atoms with van der Waals surface area (Å²) in [6.07, 6.45) is 3.34. The van der Waals surface area contributed by atoms with Crippen molar-refractivity contribution in [3.8, 4) is 11.5 Å². The minimum absolute atomic E-state index is 0.0940. The molecule has 0 aliphatic carbocycles. The molecule has 0 saturated heterocycles. The highest BCUT2D eigenvalue weighted by molar-refractivity contribution is 6.30. The van der Waals surface area contributed by atoms with Crippen molar-refractivity contribution < 1.29 is 9.90 Å². The SMILES string of the molecule is O=C(NCc1nc(-c2cnccn2)n[nH]1)[C@@H](O)c1ccc(Cl)cc1. The highest BCUT2D eigenvalue weighted by atomic mass is 35.5. The fraction of sp³-hybridized carbons (Fsp3) is 0.133. The second kappa shape index (κ2) is 7.16. The van der Waals surface area contributed by atoms with Crippen LogP contribution < -0.4 is 5.32 Å². The van der Waals surface area contributed by atoms with E-state index in [2.05, 4.69) is 30.5 Å². The number of aromatic nitrogens is 5. The van der Waals surface area contributed by atoms with Gasteiger partial charge in [0.15, 0.2) is 6.10 Å². The zero-order valence-corrected chi connectivity index (χ0v) is 13.1. The van der Waals surface area contributed by atoms with Crippen molar-refractivity contribution in [2.45, 2.75) is 12.6 Å². The molecular weight excluding hydrogens is 332 g/mol. The molecule has 9 heteroatoms. The van der Waals surface area contributed by atoms with Gasteiger partial charge in [0.1, 0.15) is 11.5 Å². The molecule has 3 aromatic rings. The maximum absolute atomic E-state index is 12.0. The maximum Gasteiger partial charge on any atom is 0.253 e. The molecular formula is C15H13ClN6O2. The topological polar surface area (TPSA) is 117 Å². The van der Waals surface area contributed by atoms with E-state index in [0.29, 0.717) is 27.9 Å². The number of nitrogens with zero attached hydrogens (tertiary/aromatic N) is 4. The Morgan fingerprint density at radius 1 is 1.29 bits per heavy atom. The number of halogens is 1. The van der Waals surface area contributed by atoms with Gasteiger partial charge in [0.25, 0.3) is 5.91 Å². The Bertz CT molecular complexity index is 821. The van der Waals surface area contributed by atoms with Crippen molar-refractivity contribution in [1.82, 2.24) is 30.5 Å². The third-order valence-electron chi connectivity index (χ3n) is 3.19. The monoisotopic (exact) mass is 344 g/mol. The average molecular weight is 345 g/mol. The molecule has 122 valence electrons. The second-order valence-electron chi connectivity index (χ2n) is 4.87. The van der Waals surface area contributed by atoms with Crippen molar-refractivity contribution in [3.05, 3.63) is 59.3 Å². The molecule has 1 amide bonds. The Hall–Kier alpha value is -2.84. The van der Waals surface area contributed by atoms with E-state index < -0.39 is 12.0 Å². The van der Waals surface area contributed by atoms with Crippen molar-refractivity contribution >= 4 is 17.5 Å². The number of aliphatic hydroxyl groups excluding tert-OH is 1. The fourth-order valence-corrected chi connectivity index (χ4v) is 2.09. The van der Waals surface area contributed by atoms with Crippen LogP contribution in [0.15, 0.2) is 42.9 Å². The quantitative estimate of drug-likeness (QED) is 0.641. The molecule has 0 aliphatic rings. The second-order valence-corrected chi connectivity index (χ2v) is 5.30. The van der Waals surface area contributed by atoms with Gasteiger partial charge >= 0.3 is 0 Å². The van der Waals surface area contributed by atoms with Gasteiger partial charge in [-0.2, -0.15) is 5.10 Å². The summed E-state index contributed by atoms with van der Waals surface area (Å²) in [5.41, 5.74) is 0.974. The lowest BCUT2D eigenvalue weighted by Gasteiger charge is -2.10. The average Bonchev–Trinajstić information content (AvgIpc) is 3.09.